The van der Waals surface area contributed by atoms with Crippen LogP contribution in [0.4, 0.5) is 11.4 Å². The molecule has 2 aromatic carbocycles. The van der Waals surface area contributed by atoms with Crippen molar-refractivity contribution in [3.8, 4) is 11.1 Å². The Morgan fingerprint density at radius 2 is 1.65 bits per heavy atom. The number of hydrogen-bond acceptors (Lipinski definition) is 3. The summed E-state index contributed by atoms with van der Waals surface area (Å²) in [5, 5.41) is 0. The SMILES string of the molecule is CCSc1ccc(-c2ccccc2N)c(N)c1. The number of para-hydroxylation sites is 1. The lowest BCUT2D eigenvalue weighted by atomic mass is 10.0. The fourth-order valence-corrected chi connectivity index (χ4v) is 2.49. The molecule has 0 aliphatic heterocycles. The molecule has 17 heavy (non-hydrogen) atoms. The van der Waals surface area contributed by atoms with Crippen molar-refractivity contribution >= 4 is 23.1 Å². The van der Waals surface area contributed by atoms with Gasteiger partial charge in [-0.1, -0.05) is 31.2 Å². The van der Waals surface area contributed by atoms with Crippen LogP contribution in [0.3, 0.4) is 0 Å². The van der Waals surface area contributed by atoms with Gasteiger partial charge in [-0.15, -0.1) is 11.8 Å². The molecule has 88 valence electrons. The third-order valence-corrected chi connectivity index (χ3v) is 3.46. The third kappa shape index (κ3) is 2.56. The molecule has 0 aliphatic rings. The first-order chi connectivity index (χ1) is 8.22. The van der Waals surface area contributed by atoms with Gasteiger partial charge in [0.25, 0.3) is 0 Å². The van der Waals surface area contributed by atoms with E-state index in [4.69, 9.17) is 11.5 Å². The quantitative estimate of drug-likeness (QED) is 0.640. The van der Waals surface area contributed by atoms with Crippen molar-refractivity contribution in [2.75, 3.05) is 17.2 Å². The Labute approximate surface area is 106 Å². The standard InChI is InChI=1S/C14H16N2S/c1-2-17-10-7-8-12(14(16)9-10)11-5-3-4-6-13(11)15/h3-9H,2,15-16H2,1H3. The number of benzene rings is 2. The molecule has 4 N–H and O–H groups in total. The molecular formula is C14H16N2S. The van der Waals surface area contributed by atoms with Crippen LogP contribution in [-0.4, -0.2) is 5.75 Å². The highest BCUT2D eigenvalue weighted by atomic mass is 32.2. The smallest absolute Gasteiger partial charge is 0.0405 e. The van der Waals surface area contributed by atoms with E-state index in [-0.39, 0.29) is 0 Å². The van der Waals surface area contributed by atoms with Gasteiger partial charge in [0.15, 0.2) is 0 Å². The molecular weight excluding hydrogens is 228 g/mol. The molecule has 2 aromatic rings. The second-order valence-corrected chi connectivity index (χ2v) is 5.11. The molecule has 0 unspecified atom stereocenters. The summed E-state index contributed by atoms with van der Waals surface area (Å²) >= 11 is 1.79. The highest BCUT2D eigenvalue weighted by molar-refractivity contribution is 7.99. The van der Waals surface area contributed by atoms with Gasteiger partial charge in [-0.3, -0.25) is 0 Å². The van der Waals surface area contributed by atoms with Gasteiger partial charge in [-0.2, -0.15) is 0 Å². The van der Waals surface area contributed by atoms with E-state index >= 15 is 0 Å². The van der Waals surface area contributed by atoms with Crippen LogP contribution < -0.4 is 11.5 Å². The van der Waals surface area contributed by atoms with E-state index in [0.29, 0.717) is 0 Å². The summed E-state index contributed by atoms with van der Waals surface area (Å²) in [6.45, 7) is 2.13. The molecule has 0 amide bonds. The lowest BCUT2D eigenvalue weighted by molar-refractivity contribution is 1.43. The largest absolute Gasteiger partial charge is 0.398 e. The minimum absolute atomic E-state index is 0.759. The predicted molar refractivity (Wildman–Crippen MR) is 77.1 cm³/mol. The second kappa shape index (κ2) is 5.15. The minimum Gasteiger partial charge on any atom is -0.398 e. The summed E-state index contributed by atoms with van der Waals surface area (Å²) in [7, 11) is 0. The molecule has 0 heterocycles. The van der Waals surface area contributed by atoms with Gasteiger partial charge in [-0.25, -0.2) is 0 Å². The fraction of sp³-hybridized carbons (Fsp3) is 0.143. The maximum Gasteiger partial charge on any atom is 0.0405 e. The van der Waals surface area contributed by atoms with Gasteiger partial charge < -0.3 is 11.5 Å². The number of anilines is 2. The zero-order valence-corrected chi connectivity index (χ0v) is 10.6. The topological polar surface area (TPSA) is 52.0 Å². The average molecular weight is 244 g/mol. The Balaban J connectivity index is 2.44. The van der Waals surface area contributed by atoms with Gasteiger partial charge in [-0.05, 0) is 24.0 Å². The van der Waals surface area contributed by atoms with E-state index < -0.39 is 0 Å². The molecule has 3 heteroatoms. The van der Waals surface area contributed by atoms with Crippen molar-refractivity contribution < 1.29 is 0 Å². The van der Waals surface area contributed by atoms with Gasteiger partial charge in [0.2, 0.25) is 0 Å². The first-order valence-electron chi connectivity index (χ1n) is 5.59. The van der Waals surface area contributed by atoms with Crippen LogP contribution in [0.5, 0.6) is 0 Å². The van der Waals surface area contributed by atoms with Gasteiger partial charge in [0.1, 0.15) is 0 Å². The fourth-order valence-electron chi connectivity index (χ4n) is 1.78. The molecule has 2 nitrogen and oxygen atoms in total. The molecule has 0 aromatic heterocycles. The molecule has 0 atom stereocenters. The van der Waals surface area contributed by atoms with E-state index in [0.717, 1.165) is 28.3 Å². The van der Waals surface area contributed by atoms with Crippen molar-refractivity contribution in [2.45, 2.75) is 11.8 Å². The number of nitrogens with two attached hydrogens (primary N) is 2. The Kier molecular flexibility index (Phi) is 3.59. The highest BCUT2D eigenvalue weighted by Gasteiger charge is 2.06. The average Bonchev–Trinajstić information content (AvgIpc) is 2.31. The zero-order chi connectivity index (χ0) is 12.3. The monoisotopic (exact) mass is 244 g/mol. The van der Waals surface area contributed by atoms with Gasteiger partial charge in [0.05, 0.1) is 0 Å². The second-order valence-electron chi connectivity index (χ2n) is 3.77. The first-order valence-corrected chi connectivity index (χ1v) is 6.58. The molecule has 0 bridgehead atoms. The van der Waals surface area contributed by atoms with Crippen LogP contribution >= 0.6 is 11.8 Å². The maximum absolute atomic E-state index is 6.08. The normalized spacial score (nSPS) is 10.4. The van der Waals surface area contributed by atoms with Gasteiger partial charge in [0, 0.05) is 27.4 Å². The molecule has 0 aliphatic carbocycles. The number of nitrogen functional groups attached to an aromatic ring is 2. The lowest BCUT2D eigenvalue weighted by Gasteiger charge is -2.10. The first kappa shape index (κ1) is 11.9. The van der Waals surface area contributed by atoms with Crippen molar-refractivity contribution in [1.29, 1.82) is 0 Å². The Hall–Kier alpha value is -1.61. The minimum atomic E-state index is 0.759. The van der Waals surface area contributed by atoms with E-state index in [1.165, 1.54) is 4.90 Å². The Morgan fingerprint density at radius 1 is 0.941 bits per heavy atom. The summed E-state index contributed by atoms with van der Waals surface area (Å²) in [5.41, 5.74) is 15.6. The highest BCUT2D eigenvalue weighted by Crippen LogP contribution is 2.33. The molecule has 0 saturated carbocycles. The summed E-state index contributed by atoms with van der Waals surface area (Å²) in [5.74, 6) is 1.05. The van der Waals surface area contributed by atoms with E-state index in [9.17, 15) is 0 Å². The van der Waals surface area contributed by atoms with Crippen molar-refractivity contribution in [1.82, 2.24) is 0 Å². The molecule has 0 spiro atoms. The van der Waals surface area contributed by atoms with Crippen LogP contribution in [0.25, 0.3) is 11.1 Å². The third-order valence-electron chi connectivity index (χ3n) is 2.58. The summed E-state index contributed by atoms with van der Waals surface area (Å²) in [6, 6.07) is 13.9. The van der Waals surface area contributed by atoms with E-state index in [2.05, 4.69) is 13.0 Å². The summed E-state index contributed by atoms with van der Waals surface area (Å²) < 4.78 is 0. The van der Waals surface area contributed by atoms with Crippen molar-refractivity contribution in [3.63, 3.8) is 0 Å². The zero-order valence-electron chi connectivity index (χ0n) is 9.81. The number of rotatable bonds is 3. The lowest BCUT2D eigenvalue weighted by Crippen LogP contribution is -1.94. The summed E-state index contributed by atoms with van der Waals surface area (Å²) in [6.07, 6.45) is 0. The molecule has 0 fully saturated rings. The van der Waals surface area contributed by atoms with Gasteiger partial charge >= 0.3 is 0 Å². The van der Waals surface area contributed by atoms with Crippen LogP contribution in [0.15, 0.2) is 47.4 Å². The summed E-state index contributed by atoms with van der Waals surface area (Å²) in [4.78, 5) is 1.20. The molecule has 0 saturated heterocycles. The van der Waals surface area contributed by atoms with Crippen LogP contribution in [0.1, 0.15) is 6.92 Å². The van der Waals surface area contributed by atoms with E-state index in [1.54, 1.807) is 11.8 Å². The van der Waals surface area contributed by atoms with Crippen LogP contribution in [0.2, 0.25) is 0 Å². The van der Waals surface area contributed by atoms with Crippen molar-refractivity contribution in [3.05, 3.63) is 42.5 Å². The van der Waals surface area contributed by atoms with Crippen molar-refractivity contribution in [2.24, 2.45) is 0 Å². The van der Waals surface area contributed by atoms with Crippen LogP contribution in [-0.2, 0) is 0 Å². The number of thioether (sulfide) groups is 1. The molecule has 2 rings (SSSR count). The number of hydrogen-bond donors (Lipinski definition) is 2. The molecule has 0 radical (unpaired) electrons. The predicted octanol–water partition coefficient (Wildman–Crippen LogP) is 3.63. The van der Waals surface area contributed by atoms with E-state index in [1.807, 2.05) is 36.4 Å². The maximum atomic E-state index is 6.08. The Morgan fingerprint density at radius 3 is 2.29 bits per heavy atom. The van der Waals surface area contributed by atoms with Crippen LogP contribution in [0, 0.1) is 0 Å². The Bertz CT molecular complexity index is 523.